The quantitative estimate of drug-likeness (QED) is 0.649. The molecule has 1 aliphatic carbocycles. The predicted molar refractivity (Wildman–Crippen MR) is 94.7 cm³/mol. The Morgan fingerprint density at radius 2 is 2.08 bits per heavy atom. The molecule has 2 N–H and O–H groups in total. The third-order valence-corrected chi connectivity index (χ3v) is 4.22. The van der Waals surface area contributed by atoms with Crippen LogP contribution in [0.3, 0.4) is 0 Å². The molecule has 2 aromatic rings. The first-order valence-corrected chi connectivity index (χ1v) is 8.17. The van der Waals surface area contributed by atoms with Crippen LogP contribution in [-0.2, 0) is 0 Å². The number of aromatic nitrogens is 1. The molecule has 0 bridgehead atoms. The molecule has 24 heavy (non-hydrogen) atoms. The first kappa shape index (κ1) is 16.1. The fourth-order valence-electron chi connectivity index (χ4n) is 3.00. The number of urea groups is 1. The fraction of sp³-hybridized carbons (Fsp3) is 0.333. The van der Waals surface area contributed by atoms with Crippen LogP contribution in [-0.4, -0.2) is 23.9 Å². The van der Waals surface area contributed by atoms with Crippen LogP contribution in [0.1, 0.15) is 37.3 Å². The van der Waals surface area contributed by atoms with Crippen molar-refractivity contribution in [3.8, 4) is 5.75 Å². The smallest absolute Gasteiger partial charge is 0.339 e. The number of carbonyl (C=O) groups excluding carboxylic acids is 1. The van der Waals surface area contributed by atoms with Gasteiger partial charge in [0.15, 0.2) is 0 Å². The molecule has 1 fully saturated rings. The van der Waals surface area contributed by atoms with Crippen LogP contribution in [0.2, 0.25) is 0 Å². The molecule has 0 saturated heterocycles. The summed E-state index contributed by atoms with van der Waals surface area (Å²) in [6, 6.07) is 9.41. The lowest BCUT2D eigenvalue weighted by Crippen LogP contribution is -2.24. The SMILES string of the molecule is COc1ccccc1NC(=O)N/N=C/c1ccn(C2CCCC2)c1. The van der Waals surface area contributed by atoms with Crippen LogP contribution in [0.25, 0.3) is 0 Å². The molecule has 6 heteroatoms. The summed E-state index contributed by atoms with van der Waals surface area (Å²) in [7, 11) is 1.56. The number of amides is 2. The van der Waals surface area contributed by atoms with Crippen LogP contribution in [0, 0.1) is 0 Å². The third-order valence-electron chi connectivity index (χ3n) is 4.22. The van der Waals surface area contributed by atoms with E-state index in [4.69, 9.17) is 4.74 Å². The van der Waals surface area contributed by atoms with Gasteiger partial charge in [0.2, 0.25) is 0 Å². The normalized spacial score (nSPS) is 14.9. The summed E-state index contributed by atoms with van der Waals surface area (Å²) in [5.74, 6) is 0.602. The van der Waals surface area contributed by atoms with Crippen molar-refractivity contribution < 1.29 is 9.53 Å². The monoisotopic (exact) mass is 326 g/mol. The molecular weight excluding hydrogens is 304 g/mol. The minimum Gasteiger partial charge on any atom is -0.495 e. The standard InChI is InChI=1S/C18H22N4O2/c1-24-17-9-5-4-8-16(17)20-18(23)21-19-12-14-10-11-22(13-14)15-6-2-3-7-15/h4-5,8-13,15H,2-3,6-7H2,1H3,(H2,20,21,23)/b19-12+. The van der Waals surface area contributed by atoms with Crippen molar-refractivity contribution in [2.45, 2.75) is 31.7 Å². The van der Waals surface area contributed by atoms with E-state index >= 15 is 0 Å². The van der Waals surface area contributed by atoms with Gasteiger partial charge in [-0.25, -0.2) is 10.2 Å². The van der Waals surface area contributed by atoms with Gasteiger partial charge in [0.1, 0.15) is 5.75 Å². The number of benzene rings is 1. The number of nitrogens with zero attached hydrogens (tertiary/aromatic N) is 2. The second kappa shape index (κ2) is 7.68. The molecule has 2 amide bonds. The molecular formula is C18H22N4O2. The average Bonchev–Trinajstić information content (AvgIpc) is 3.26. The predicted octanol–water partition coefficient (Wildman–Crippen LogP) is 3.77. The maximum absolute atomic E-state index is 11.9. The van der Waals surface area contributed by atoms with Gasteiger partial charge in [-0.2, -0.15) is 5.10 Å². The minimum absolute atomic E-state index is 0.411. The second-order valence-electron chi connectivity index (χ2n) is 5.85. The largest absolute Gasteiger partial charge is 0.495 e. The fourth-order valence-corrected chi connectivity index (χ4v) is 3.00. The number of nitrogens with one attached hydrogen (secondary N) is 2. The molecule has 0 aliphatic heterocycles. The summed E-state index contributed by atoms with van der Waals surface area (Å²) in [6.45, 7) is 0. The Balaban J connectivity index is 1.53. The zero-order chi connectivity index (χ0) is 16.8. The van der Waals surface area contributed by atoms with E-state index in [1.807, 2.05) is 18.2 Å². The van der Waals surface area contributed by atoms with Crippen LogP contribution >= 0.6 is 0 Å². The van der Waals surface area contributed by atoms with Gasteiger partial charge < -0.3 is 14.6 Å². The summed E-state index contributed by atoms with van der Waals surface area (Å²) in [6.07, 6.45) is 10.9. The van der Waals surface area contributed by atoms with Gasteiger partial charge in [0.25, 0.3) is 0 Å². The Bertz CT molecular complexity index is 717. The Labute approximate surface area is 141 Å². The minimum atomic E-state index is -0.411. The van der Waals surface area contributed by atoms with E-state index < -0.39 is 6.03 Å². The average molecular weight is 326 g/mol. The topological polar surface area (TPSA) is 67.7 Å². The number of para-hydroxylation sites is 2. The van der Waals surface area contributed by atoms with Crippen molar-refractivity contribution >= 4 is 17.9 Å². The van der Waals surface area contributed by atoms with Gasteiger partial charge in [-0.05, 0) is 31.0 Å². The highest BCUT2D eigenvalue weighted by Crippen LogP contribution is 2.29. The summed E-state index contributed by atoms with van der Waals surface area (Å²) in [5, 5.41) is 6.70. The maximum atomic E-state index is 11.9. The van der Waals surface area contributed by atoms with Gasteiger partial charge in [0, 0.05) is 24.0 Å². The molecule has 3 rings (SSSR count). The summed E-state index contributed by atoms with van der Waals surface area (Å²) >= 11 is 0. The van der Waals surface area contributed by atoms with Crippen LogP contribution < -0.4 is 15.5 Å². The zero-order valence-corrected chi connectivity index (χ0v) is 13.7. The lowest BCUT2D eigenvalue weighted by molar-refractivity contribution is 0.252. The van der Waals surface area contributed by atoms with E-state index in [0.29, 0.717) is 17.5 Å². The van der Waals surface area contributed by atoms with E-state index in [-0.39, 0.29) is 0 Å². The van der Waals surface area contributed by atoms with Crippen molar-refractivity contribution in [3.05, 3.63) is 48.3 Å². The molecule has 0 unspecified atom stereocenters. The second-order valence-corrected chi connectivity index (χ2v) is 5.85. The Kier molecular flexibility index (Phi) is 5.15. The van der Waals surface area contributed by atoms with E-state index in [0.717, 1.165) is 5.56 Å². The maximum Gasteiger partial charge on any atom is 0.339 e. The molecule has 0 atom stereocenters. The Hall–Kier alpha value is -2.76. The molecule has 126 valence electrons. The number of ether oxygens (including phenoxy) is 1. The van der Waals surface area contributed by atoms with Crippen molar-refractivity contribution in [2.24, 2.45) is 5.10 Å². The van der Waals surface area contributed by atoms with E-state index in [2.05, 4.69) is 32.8 Å². The molecule has 6 nitrogen and oxygen atoms in total. The van der Waals surface area contributed by atoms with E-state index in [1.54, 1.807) is 25.5 Å². The molecule has 1 saturated carbocycles. The lowest BCUT2D eigenvalue weighted by atomic mass is 10.2. The number of rotatable bonds is 5. The summed E-state index contributed by atoms with van der Waals surface area (Å²) < 4.78 is 7.43. The first-order chi connectivity index (χ1) is 11.8. The van der Waals surface area contributed by atoms with Crippen LogP contribution in [0.5, 0.6) is 5.75 Å². The Morgan fingerprint density at radius 3 is 2.88 bits per heavy atom. The lowest BCUT2D eigenvalue weighted by Gasteiger charge is -2.10. The van der Waals surface area contributed by atoms with Crippen LogP contribution in [0.4, 0.5) is 10.5 Å². The highest BCUT2D eigenvalue weighted by Gasteiger charge is 2.15. The highest BCUT2D eigenvalue weighted by atomic mass is 16.5. The molecule has 0 radical (unpaired) electrons. The van der Waals surface area contributed by atoms with Crippen molar-refractivity contribution in [1.82, 2.24) is 9.99 Å². The summed E-state index contributed by atoms with van der Waals surface area (Å²) in [5.41, 5.74) is 4.03. The molecule has 0 spiro atoms. The number of hydrazone groups is 1. The number of methoxy groups -OCH3 is 1. The van der Waals surface area contributed by atoms with Crippen molar-refractivity contribution in [3.63, 3.8) is 0 Å². The molecule has 1 aromatic carbocycles. The van der Waals surface area contributed by atoms with E-state index in [1.165, 1.54) is 25.7 Å². The number of carbonyl (C=O) groups is 1. The van der Waals surface area contributed by atoms with Gasteiger partial charge in [0.05, 0.1) is 19.0 Å². The number of hydrogen-bond donors (Lipinski definition) is 2. The van der Waals surface area contributed by atoms with Gasteiger partial charge in [-0.15, -0.1) is 0 Å². The van der Waals surface area contributed by atoms with Crippen molar-refractivity contribution in [1.29, 1.82) is 0 Å². The van der Waals surface area contributed by atoms with Gasteiger partial charge in [-0.3, -0.25) is 0 Å². The molecule has 1 aliphatic rings. The van der Waals surface area contributed by atoms with Gasteiger partial charge in [-0.1, -0.05) is 25.0 Å². The van der Waals surface area contributed by atoms with Crippen LogP contribution in [0.15, 0.2) is 47.8 Å². The highest BCUT2D eigenvalue weighted by molar-refractivity contribution is 5.91. The number of hydrogen-bond acceptors (Lipinski definition) is 3. The molecule has 1 heterocycles. The van der Waals surface area contributed by atoms with Crippen molar-refractivity contribution in [2.75, 3.05) is 12.4 Å². The zero-order valence-electron chi connectivity index (χ0n) is 13.7. The van der Waals surface area contributed by atoms with E-state index in [9.17, 15) is 4.79 Å². The third kappa shape index (κ3) is 3.95. The van der Waals surface area contributed by atoms with Gasteiger partial charge >= 0.3 is 6.03 Å². The summed E-state index contributed by atoms with van der Waals surface area (Å²) in [4.78, 5) is 11.9. The Morgan fingerprint density at radius 1 is 1.29 bits per heavy atom. The molecule has 1 aromatic heterocycles. The number of anilines is 1. The first-order valence-electron chi connectivity index (χ1n) is 8.17.